The quantitative estimate of drug-likeness (QED) is 0.393. The Hall–Kier alpha value is -3.64. The number of methoxy groups -OCH3 is 1. The van der Waals surface area contributed by atoms with E-state index in [2.05, 4.69) is 88.3 Å². The maximum atomic E-state index is 5.88. The van der Waals surface area contributed by atoms with Crippen molar-refractivity contribution in [3.63, 3.8) is 0 Å². The second-order valence-electron chi connectivity index (χ2n) is 8.27. The summed E-state index contributed by atoms with van der Waals surface area (Å²) in [6.45, 7) is 4.26. The number of nitrogens with one attached hydrogen (secondary N) is 1. The normalized spacial score (nSPS) is 17.8. The van der Waals surface area contributed by atoms with E-state index in [1.165, 1.54) is 11.1 Å². The first-order chi connectivity index (χ1) is 16.1. The maximum Gasteiger partial charge on any atom is 0.174 e. The Morgan fingerprint density at radius 2 is 1.70 bits per heavy atom. The van der Waals surface area contributed by atoms with Crippen molar-refractivity contribution in [2.45, 2.75) is 25.9 Å². The number of hydrogen-bond acceptors (Lipinski definition) is 3. The number of pyridine rings is 1. The smallest absolute Gasteiger partial charge is 0.174 e. The third-order valence-corrected chi connectivity index (χ3v) is 6.62. The van der Waals surface area contributed by atoms with Crippen molar-refractivity contribution in [3.8, 4) is 11.4 Å². The largest absolute Gasteiger partial charge is 0.497 e. The molecule has 1 aliphatic heterocycles. The van der Waals surface area contributed by atoms with Crippen LogP contribution < -0.4 is 15.0 Å². The van der Waals surface area contributed by atoms with E-state index in [4.69, 9.17) is 17.0 Å². The summed E-state index contributed by atoms with van der Waals surface area (Å²) < 4.78 is 7.56. The number of aromatic nitrogens is 2. The summed E-state index contributed by atoms with van der Waals surface area (Å²) in [4.78, 5) is 6.88. The number of anilines is 1. The van der Waals surface area contributed by atoms with Crippen LogP contribution in [0.15, 0.2) is 85.2 Å². The molecule has 2 aromatic heterocycles. The molecule has 0 unspecified atom stereocenters. The predicted molar refractivity (Wildman–Crippen MR) is 136 cm³/mol. The van der Waals surface area contributed by atoms with Crippen molar-refractivity contribution < 1.29 is 4.74 Å². The van der Waals surface area contributed by atoms with E-state index in [9.17, 15) is 0 Å². The van der Waals surface area contributed by atoms with Gasteiger partial charge in [-0.15, -0.1) is 0 Å². The second-order valence-corrected chi connectivity index (χ2v) is 8.65. The van der Waals surface area contributed by atoms with Gasteiger partial charge in [0.1, 0.15) is 11.8 Å². The molecule has 1 aliphatic rings. The lowest BCUT2D eigenvalue weighted by Crippen LogP contribution is -2.30. The Labute approximate surface area is 199 Å². The SMILES string of the molecule is COc1ccc(-n2cccc2[C@H]2[C@@H](c3ccccn3)NC(=S)N2c2ccc(C)c(C)c2)cc1. The van der Waals surface area contributed by atoms with E-state index in [1.807, 2.05) is 30.5 Å². The highest BCUT2D eigenvalue weighted by Gasteiger charge is 2.42. The van der Waals surface area contributed by atoms with Crippen LogP contribution in [-0.4, -0.2) is 21.8 Å². The molecule has 5 nitrogen and oxygen atoms in total. The van der Waals surface area contributed by atoms with Crippen LogP contribution in [0.3, 0.4) is 0 Å². The molecule has 33 heavy (non-hydrogen) atoms. The van der Waals surface area contributed by atoms with Crippen molar-refractivity contribution in [1.82, 2.24) is 14.9 Å². The first kappa shape index (κ1) is 21.2. The summed E-state index contributed by atoms with van der Waals surface area (Å²) in [5.41, 5.74) is 6.71. The molecule has 0 saturated carbocycles. The van der Waals surface area contributed by atoms with Crippen molar-refractivity contribution in [3.05, 3.63) is 108 Å². The molecule has 0 aliphatic carbocycles. The lowest BCUT2D eigenvalue weighted by Gasteiger charge is -2.29. The highest BCUT2D eigenvalue weighted by molar-refractivity contribution is 7.80. The fourth-order valence-corrected chi connectivity index (χ4v) is 4.77. The molecule has 4 aromatic rings. The topological polar surface area (TPSA) is 42.3 Å². The standard InChI is InChI=1S/C27H26N4OS/c1-18-9-10-21(17-19(18)2)31-26(25(29-27(31)33)23-7-4-5-15-28-23)24-8-6-16-30(24)20-11-13-22(32-3)14-12-20/h4-17,25-26H,1-3H3,(H,29,33)/t25-,26+/m1/s1. The molecule has 2 atom stereocenters. The fraction of sp³-hybridized carbons (Fsp3) is 0.185. The molecule has 2 aromatic carbocycles. The van der Waals surface area contributed by atoms with Crippen LogP contribution in [0.25, 0.3) is 5.69 Å². The second kappa shape index (κ2) is 8.71. The third kappa shape index (κ3) is 3.87. The number of ether oxygens (including phenoxy) is 1. The zero-order valence-corrected chi connectivity index (χ0v) is 19.7. The molecule has 6 heteroatoms. The van der Waals surface area contributed by atoms with Crippen LogP contribution in [0.2, 0.25) is 0 Å². The Balaban J connectivity index is 1.65. The molecule has 1 fully saturated rings. The summed E-state index contributed by atoms with van der Waals surface area (Å²) >= 11 is 5.88. The highest BCUT2D eigenvalue weighted by Crippen LogP contribution is 2.42. The number of benzene rings is 2. The van der Waals surface area contributed by atoms with Crippen LogP contribution >= 0.6 is 12.2 Å². The zero-order valence-electron chi connectivity index (χ0n) is 18.9. The van der Waals surface area contributed by atoms with Crippen molar-refractivity contribution in [2.24, 2.45) is 0 Å². The molecule has 166 valence electrons. The number of rotatable bonds is 5. The summed E-state index contributed by atoms with van der Waals surface area (Å²) in [5, 5.41) is 4.25. The van der Waals surface area contributed by atoms with Gasteiger partial charge in [-0.05, 0) is 97.9 Å². The minimum Gasteiger partial charge on any atom is -0.497 e. The van der Waals surface area contributed by atoms with Crippen LogP contribution in [0, 0.1) is 13.8 Å². The minimum atomic E-state index is -0.0905. The van der Waals surface area contributed by atoms with Crippen LogP contribution in [0.1, 0.15) is 34.6 Å². The molecule has 5 rings (SSSR count). The van der Waals surface area contributed by atoms with E-state index in [0.717, 1.165) is 28.5 Å². The minimum absolute atomic E-state index is 0.0772. The van der Waals surface area contributed by atoms with Gasteiger partial charge in [0, 0.05) is 29.5 Å². The summed E-state index contributed by atoms with van der Waals surface area (Å²) in [6, 6.07) is 24.7. The Bertz CT molecular complexity index is 1280. The van der Waals surface area contributed by atoms with Crippen molar-refractivity contribution in [2.75, 3.05) is 12.0 Å². The molecule has 0 amide bonds. The summed E-state index contributed by atoms with van der Waals surface area (Å²) in [5.74, 6) is 0.833. The van der Waals surface area contributed by atoms with Crippen LogP contribution in [0.4, 0.5) is 5.69 Å². The first-order valence-electron chi connectivity index (χ1n) is 11.0. The predicted octanol–water partition coefficient (Wildman–Crippen LogP) is 5.67. The molecule has 3 heterocycles. The molecular weight excluding hydrogens is 428 g/mol. The van der Waals surface area contributed by atoms with Gasteiger partial charge >= 0.3 is 0 Å². The first-order valence-corrected chi connectivity index (χ1v) is 11.4. The van der Waals surface area contributed by atoms with Crippen molar-refractivity contribution in [1.29, 1.82) is 0 Å². The zero-order chi connectivity index (χ0) is 22.9. The average Bonchev–Trinajstić information content (AvgIpc) is 3.46. The Morgan fingerprint density at radius 1 is 0.909 bits per heavy atom. The van der Waals surface area contributed by atoms with Crippen molar-refractivity contribution >= 4 is 23.0 Å². The van der Waals surface area contributed by atoms with Crippen LogP contribution in [-0.2, 0) is 0 Å². The molecule has 1 saturated heterocycles. The van der Waals surface area contributed by atoms with Gasteiger partial charge in [0.05, 0.1) is 18.8 Å². The maximum absolute atomic E-state index is 5.88. The number of thiocarbonyl (C=S) groups is 1. The lowest BCUT2D eigenvalue weighted by atomic mass is 10.00. The van der Waals surface area contributed by atoms with E-state index in [0.29, 0.717) is 5.11 Å². The fourth-order valence-electron chi connectivity index (χ4n) is 4.42. The van der Waals surface area contributed by atoms with E-state index in [1.54, 1.807) is 7.11 Å². The monoisotopic (exact) mass is 454 g/mol. The molecule has 0 bridgehead atoms. The highest BCUT2D eigenvalue weighted by atomic mass is 32.1. The average molecular weight is 455 g/mol. The number of hydrogen-bond donors (Lipinski definition) is 1. The van der Waals surface area contributed by atoms with Crippen LogP contribution in [0.5, 0.6) is 5.75 Å². The summed E-state index contributed by atoms with van der Waals surface area (Å²) in [6.07, 6.45) is 3.92. The number of aryl methyl sites for hydroxylation is 2. The summed E-state index contributed by atoms with van der Waals surface area (Å²) in [7, 11) is 1.68. The van der Waals surface area contributed by atoms with Gasteiger partial charge in [0.15, 0.2) is 5.11 Å². The van der Waals surface area contributed by atoms with Gasteiger partial charge in [-0.2, -0.15) is 0 Å². The molecule has 0 spiro atoms. The molecule has 0 radical (unpaired) electrons. The van der Waals surface area contributed by atoms with Gasteiger partial charge in [0.2, 0.25) is 0 Å². The third-order valence-electron chi connectivity index (χ3n) is 6.30. The van der Waals surface area contributed by atoms with E-state index < -0.39 is 0 Å². The van der Waals surface area contributed by atoms with E-state index in [-0.39, 0.29) is 12.1 Å². The molecule has 1 N–H and O–H groups in total. The van der Waals surface area contributed by atoms with E-state index >= 15 is 0 Å². The van der Waals surface area contributed by atoms with Gasteiger partial charge < -0.3 is 19.5 Å². The van der Waals surface area contributed by atoms with Gasteiger partial charge in [0.25, 0.3) is 0 Å². The van der Waals surface area contributed by atoms with Gasteiger partial charge in [-0.25, -0.2) is 0 Å². The van der Waals surface area contributed by atoms with Gasteiger partial charge in [-0.1, -0.05) is 12.1 Å². The Kier molecular flexibility index (Phi) is 5.60. The number of nitrogens with zero attached hydrogens (tertiary/aromatic N) is 3. The Morgan fingerprint density at radius 3 is 2.39 bits per heavy atom. The lowest BCUT2D eigenvalue weighted by molar-refractivity contribution is 0.414. The van der Waals surface area contributed by atoms with Gasteiger partial charge in [-0.3, -0.25) is 4.98 Å². The molecular formula is C27H26N4OS.